The van der Waals surface area contributed by atoms with Gasteiger partial charge in [0.05, 0.1) is 5.69 Å². The van der Waals surface area contributed by atoms with Crippen LogP contribution in [0.2, 0.25) is 0 Å². The molecule has 0 aliphatic heterocycles. The fourth-order valence-electron chi connectivity index (χ4n) is 1.87. The average Bonchev–Trinajstić information content (AvgIpc) is 2.56. The van der Waals surface area contributed by atoms with Crippen molar-refractivity contribution in [1.29, 1.82) is 0 Å². The molecule has 0 aliphatic rings. The number of nitrogens with one attached hydrogen (secondary N) is 1. The SMILES string of the molecule is Cc1nn(C)c(C)c1CNc1ccc(F)c(F)c1. The second kappa shape index (κ2) is 4.76. The summed E-state index contributed by atoms with van der Waals surface area (Å²) < 4.78 is 27.6. The van der Waals surface area contributed by atoms with Gasteiger partial charge in [-0.1, -0.05) is 0 Å². The Labute approximate surface area is 104 Å². The van der Waals surface area contributed by atoms with Gasteiger partial charge >= 0.3 is 0 Å². The summed E-state index contributed by atoms with van der Waals surface area (Å²) in [6.45, 7) is 4.44. The van der Waals surface area contributed by atoms with Gasteiger partial charge in [0.1, 0.15) is 0 Å². The van der Waals surface area contributed by atoms with Crippen molar-refractivity contribution in [3.05, 3.63) is 46.8 Å². The highest BCUT2D eigenvalue weighted by molar-refractivity contribution is 5.44. The summed E-state index contributed by atoms with van der Waals surface area (Å²) in [6.07, 6.45) is 0. The first-order valence-electron chi connectivity index (χ1n) is 5.67. The summed E-state index contributed by atoms with van der Waals surface area (Å²) in [5.41, 5.74) is 3.62. The number of rotatable bonds is 3. The van der Waals surface area contributed by atoms with Gasteiger partial charge in [-0.05, 0) is 26.0 Å². The van der Waals surface area contributed by atoms with Gasteiger partial charge < -0.3 is 5.32 Å². The van der Waals surface area contributed by atoms with Gasteiger partial charge in [0, 0.05) is 36.6 Å². The first-order valence-corrected chi connectivity index (χ1v) is 5.67. The van der Waals surface area contributed by atoms with Gasteiger partial charge in [0.2, 0.25) is 0 Å². The average molecular weight is 251 g/mol. The monoisotopic (exact) mass is 251 g/mol. The van der Waals surface area contributed by atoms with Crippen LogP contribution in [-0.4, -0.2) is 9.78 Å². The number of halogens is 2. The summed E-state index contributed by atoms with van der Waals surface area (Å²) in [4.78, 5) is 0. The first kappa shape index (κ1) is 12.5. The van der Waals surface area contributed by atoms with E-state index in [2.05, 4.69) is 10.4 Å². The summed E-state index contributed by atoms with van der Waals surface area (Å²) in [7, 11) is 1.88. The zero-order valence-corrected chi connectivity index (χ0v) is 10.6. The molecule has 0 spiro atoms. The van der Waals surface area contributed by atoms with Crippen molar-refractivity contribution in [2.24, 2.45) is 7.05 Å². The van der Waals surface area contributed by atoms with Crippen LogP contribution in [0.3, 0.4) is 0 Å². The van der Waals surface area contributed by atoms with Gasteiger partial charge in [-0.15, -0.1) is 0 Å². The zero-order valence-electron chi connectivity index (χ0n) is 10.6. The maximum atomic E-state index is 13.0. The first-order chi connectivity index (χ1) is 8.49. The van der Waals surface area contributed by atoms with Crippen LogP contribution in [-0.2, 0) is 13.6 Å². The maximum absolute atomic E-state index is 13.0. The van der Waals surface area contributed by atoms with E-state index in [9.17, 15) is 8.78 Å². The lowest BCUT2D eigenvalue weighted by Crippen LogP contribution is -2.03. The third-order valence-corrected chi connectivity index (χ3v) is 3.05. The molecule has 0 bridgehead atoms. The van der Waals surface area contributed by atoms with Crippen LogP contribution in [0.5, 0.6) is 0 Å². The molecule has 3 nitrogen and oxygen atoms in total. The molecule has 0 saturated carbocycles. The van der Waals surface area contributed by atoms with Crippen molar-refractivity contribution >= 4 is 5.69 Å². The van der Waals surface area contributed by atoms with E-state index in [0.717, 1.165) is 29.1 Å². The zero-order chi connectivity index (χ0) is 13.3. The van der Waals surface area contributed by atoms with Crippen molar-refractivity contribution in [1.82, 2.24) is 9.78 Å². The Morgan fingerprint density at radius 2 is 1.94 bits per heavy atom. The number of anilines is 1. The highest BCUT2D eigenvalue weighted by atomic mass is 19.2. The quantitative estimate of drug-likeness (QED) is 0.909. The Morgan fingerprint density at radius 3 is 2.50 bits per heavy atom. The highest BCUT2D eigenvalue weighted by Crippen LogP contribution is 2.17. The minimum atomic E-state index is -0.848. The smallest absolute Gasteiger partial charge is 0.160 e. The molecule has 18 heavy (non-hydrogen) atoms. The fraction of sp³-hybridized carbons (Fsp3) is 0.308. The van der Waals surface area contributed by atoms with E-state index in [1.807, 2.05) is 20.9 Å². The Bertz CT molecular complexity index is 576. The number of nitrogens with zero attached hydrogens (tertiary/aromatic N) is 2. The largest absolute Gasteiger partial charge is 0.381 e. The Morgan fingerprint density at radius 1 is 1.22 bits per heavy atom. The molecule has 0 aliphatic carbocycles. The van der Waals surface area contributed by atoms with Gasteiger partial charge in [-0.2, -0.15) is 5.10 Å². The van der Waals surface area contributed by atoms with Crippen molar-refractivity contribution < 1.29 is 8.78 Å². The van der Waals surface area contributed by atoms with E-state index in [0.29, 0.717) is 12.2 Å². The summed E-state index contributed by atoms with van der Waals surface area (Å²) in [6, 6.07) is 3.77. The topological polar surface area (TPSA) is 29.9 Å². The molecule has 2 rings (SSSR count). The predicted octanol–water partition coefficient (Wildman–Crippen LogP) is 2.93. The number of benzene rings is 1. The lowest BCUT2D eigenvalue weighted by molar-refractivity contribution is 0.509. The van der Waals surface area contributed by atoms with Gasteiger partial charge in [0.25, 0.3) is 0 Å². The number of aryl methyl sites for hydroxylation is 2. The van der Waals surface area contributed by atoms with Crippen LogP contribution in [0, 0.1) is 25.5 Å². The van der Waals surface area contributed by atoms with E-state index >= 15 is 0 Å². The third kappa shape index (κ3) is 2.34. The Hall–Kier alpha value is -1.91. The molecule has 0 unspecified atom stereocenters. The van der Waals surface area contributed by atoms with E-state index in [4.69, 9.17) is 0 Å². The normalized spacial score (nSPS) is 10.7. The van der Waals surface area contributed by atoms with Crippen LogP contribution in [0.4, 0.5) is 14.5 Å². The van der Waals surface area contributed by atoms with E-state index in [1.54, 1.807) is 4.68 Å². The molecular weight excluding hydrogens is 236 g/mol. The van der Waals surface area contributed by atoms with E-state index in [-0.39, 0.29) is 0 Å². The number of aromatic nitrogens is 2. The van der Waals surface area contributed by atoms with E-state index < -0.39 is 11.6 Å². The standard InChI is InChI=1S/C13H15F2N3/c1-8-11(9(2)18(3)17-8)7-16-10-4-5-12(14)13(15)6-10/h4-6,16H,7H2,1-3H3. The molecule has 1 aromatic carbocycles. The third-order valence-electron chi connectivity index (χ3n) is 3.05. The Kier molecular flexibility index (Phi) is 3.32. The molecule has 0 amide bonds. The van der Waals surface area contributed by atoms with Crippen LogP contribution < -0.4 is 5.32 Å². The summed E-state index contributed by atoms with van der Waals surface area (Å²) in [5.74, 6) is -1.69. The molecule has 1 N–H and O–H groups in total. The molecule has 0 saturated heterocycles. The molecule has 1 aromatic heterocycles. The van der Waals surface area contributed by atoms with E-state index in [1.165, 1.54) is 6.07 Å². The van der Waals surface area contributed by atoms with Crippen molar-refractivity contribution in [3.63, 3.8) is 0 Å². The highest BCUT2D eigenvalue weighted by Gasteiger charge is 2.09. The second-order valence-corrected chi connectivity index (χ2v) is 4.26. The molecule has 1 heterocycles. The lowest BCUT2D eigenvalue weighted by atomic mass is 10.2. The van der Waals surface area contributed by atoms with Gasteiger partial charge in [0.15, 0.2) is 11.6 Å². The minimum absolute atomic E-state index is 0.538. The fourth-order valence-corrected chi connectivity index (χ4v) is 1.87. The predicted molar refractivity (Wildman–Crippen MR) is 66.4 cm³/mol. The summed E-state index contributed by atoms with van der Waals surface area (Å²) >= 11 is 0. The second-order valence-electron chi connectivity index (χ2n) is 4.26. The molecule has 0 atom stereocenters. The lowest BCUT2D eigenvalue weighted by Gasteiger charge is -2.07. The summed E-state index contributed by atoms with van der Waals surface area (Å²) in [5, 5.41) is 7.36. The van der Waals surface area contributed by atoms with Crippen molar-refractivity contribution in [2.45, 2.75) is 20.4 Å². The molecule has 0 fully saturated rings. The van der Waals surface area contributed by atoms with Crippen LogP contribution >= 0.6 is 0 Å². The van der Waals surface area contributed by atoms with Crippen LogP contribution in [0.15, 0.2) is 18.2 Å². The van der Waals surface area contributed by atoms with Gasteiger partial charge in [-0.25, -0.2) is 8.78 Å². The van der Waals surface area contributed by atoms with Crippen LogP contribution in [0.25, 0.3) is 0 Å². The minimum Gasteiger partial charge on any atom is -0.381 e. The van der Waals surface area contributed by atoms with Crippen LogP contribution in [0.1, 0.15) is 17.0 Å². The number of hydrogen-bond donors (Lipinski definition) is 1. The maximum Gasteiger partial charge on any atom is 0.160 e. The van der Waals surface area contributed by atoms with Gasteiger partial charge in [-0.3, -0.25) is 4.68 Å². The Balaban J connectivity index is 2.14. The van der Waals surface area contributed by atoms with Crippen molar-refractivity contribution in [3.8, 4) is 0 Å². The molecule has 0 radical (unpaired) electrons. The molecule has 96 valence electrons. The molecular formula is C13H15F2N3. The number of hydrogen-bond acceptors (Lipinski definition) is 2. The molecule has 5 heteroatoms. The van der Waals surface area contributed by atoms with Crippen molar-refractivity contribution in [2.75, 3.05) is 5.32 Å². The molecule has 2 aromatic rings.